The normalized spacial score (nSPS) is 12.5. The van der Waals surface area contributed by atoms with Gasteiger partial charge in [0.15, 0.2) is 0 Å². The van der Waals surface area contributed by atoms with Gasteiger partial charge in [0, 0.05) is 16.0 Å². The number of nitrogens with one attached hydrogen (secondary N) is 1. The highest BCUT2D eigenvalue weighted by atomic mass is 127. The first-order valence-electron chi connectivity index (χ1n) is 7.28. The third-order valence-electron chi connectivity index (χ3n) is 3.40. The van der Waals surface area contributed by atoms with Crippen molar-refractivity contribution in [2.24, 2.45) is 0 Å². The maximum Gasteiger partial charge on any atom is 0.103 e. The number of hydrogen-bond donors (Lipinski definition) is 1. The van der Waals surface area contributed by atoms with Crippen LogP contribution in [0.1, 0.15) is 31.1 Å². The fraction of sp³-hybridized carbons (Fsp3) is 0.412. The molecule has 1 N–H and O–H groups in total. The van der Waals surface area contributed by atoms with E-state index >= 15 is 0 Å². The van der Waals surface area contributed by atoms with E-state index in [1.54, 1.807) is 6.26 Å². The molecule has 20 heavy (non-hydrogen) atoms. The van der Waals surface area contributed by atoms with Gasteiger partial charge in [-0.15, -0.1) is 0 Å². The Morgan fingerprint density at radius 3 is 2.65 bits per heavy atom. The number of hydrogen-bond acceptors (Lipinski definition) is 2. The van der Waals surface area contributed by atoms with E-state index in [0.717, 1.165) is 31.6 Å². The lowest BCUT2D eigenvalue weighted by molar-refractivity contribution is 0.441. The van der Waals surface area contributed by atoms with Crippen LogP contribution in [-0.4, -0.2) is 12.6 Å². The van der Waals surface area contributed by atoms with Crippen molar-refractivity contribution in [3.8, 4) is 0 Å². The van der Waals surface area contributed by atoms with Gasteiger partial charge >= 0.3 is 0 Å². The van der Waals surface area contributed by atoms with E-state index in [1.165, 1.54) is 15.6 Å². The second-order valence-corrected chi connectivity index (χ2v) is 6.35. The number of aryl methyl sites for hydroxylation is 1. The van der Waals surface area contributed by atoms with Gasteiger partial charge in [0.2, 0.25) is 0 Å². The molecule has 0 saturated carbocycles. The molecule has 2 nitrogen and oxygen atoms in total. The molecule has 0 radical (unpaired) electrons. The standard InChI is InChI=1S/C17H22INO/c1-2-11-19-16(9-10-17-4-3-12-20-17)13-14-5-7-15(18)8-6-14/h3-8,12,16,19H,2,9-11,13H2,1H3. The van der Waals surface area contributed by atoms with Crippen LogP contribution in [0.4, 0.5) is 0 Å². The molecule has 2 rings (SSSR count). The number of benzene rings is 1. The Hall–Kier alpha value is -0.810. The quantitative estimate of drug-likeness (QED) is 0.683. The fourth-order valence-corrected chi connectivity index (χ4v) is 2.66. The molecule has 1 heterocycles. The van der Waals surface area contributed by atoms with Crippen molar-refractivity contribution in [1.29, 1.82) is 0 Å². The Morgan fingerprint density at radius 2 is 2.00 bits per heavy atom. The van der Waals surface area contributed by atoms with Gasteiger partial charge in [-0.3, -0.25) is 0 Å². The Bertz CT molecular complexity index is 478. The summed E-state index contributed by atoms with van der Waals surface area (Å²) in [7, 11) is 0. The largest absolute Gasteiger partial charge is 0.469 e. The third-order valence-corrected chi connectivity index (χ3v) is 4.12. The Morgan fingerprint density at radius 1 is 1.20 bits per heavy atom. The van der Waals surface area contributed by atoms with Crippen LogP contribution in [0.25, 0.3) is 0 Å². The van der Waals surface area contributed by atoms with Crippen molar-refractivity contribution in [3.63, 3.8) is 0 Å². The Kier molecular flexibility index (Phi) is 6.60. The number of furan rings is 1. The lowest BCUT2D eigenvalue weighted by Crippen LogP contribution is -2.32. The van der Waals surface area contributed by atoms with E-state index in [-0.39, 0.29) is 0 Å². The van der Waals surface area contributed by atoms with Crippen LogP contribution >= 0.6 is 22.6 Å². The summed E-state index contributed by atoms with van der Waals surface area (Å²) in [6, 6.07) is 13.4. The van der Waals surface area contributed by atoms with E-state index in [4.69, 9.17) is 4.42 Å². The predicted molar refractivity (Wildman–Crippen MR) is 92.0 cm³/mol. The highest BCUT2D eigenvalue weighted by molar-refractivity contribution is 14.1. The molecule has 2 aromatic rings. The fourth-order valence-electron chi connectivity index (χ4n) is 2.30. The Balaban J connectivity index is 1.90. The summed E-state index contributed by atoms with van der Waals surface area (Å²) in [6.07, 6.45) is 6.11. The van der Waals surface area contributed by atoms with Crippen LogP contribution < -0.4 is 5.32 Å². The highest BCUT2D eigenvalue weighted by Crippen LogP contribution is 2.12. The van der Waals surface area contributed by atoms with E-state index in [0.29, 0.717) is 6.04 Å². The maximum atomic E-state index is 5.43. The van der Waals surface area contributed by atoms with Gasteiger partial charge in [-0.2, -0.15) is 0 Å². The average molecular weight is 383 g/mol. The van der Waals surface area contributed by atoms with Crippen molar-refractivity contribution in [2.75, 3.05) is 6.54 Å². The molecule has 0 aliphatic rings. The van der Waals surface area contributed by atoms with Crippen molar-refractivity contribution in [3.05, 3.63) is 57.6 Å². The number of rotatable bonds is 8. The molecule has 1 atom stereocenters. The van der Waals surface area contributed by atoms with Gasteiger partial charge in [-0.25, -0.2) is 0 Å². The molecule has 0 aliphatic heterocycles. The van der Waals surface area contributed by atoms with Gasteiger partial charge in [-0.05, 0) is 78.2 Å². The molecular formula is C17H22INO. The lowest BCUT2D eigenvalue weighted by Gasteiger charge is -2.18. The van der Waals surface area contributed by atoms with Crippen molar-refractivity contribution in [1.82, 2.24) is 5.32 Å². The summed E-state index contributed by atoms with van der Waals surface area (Å²) >= 11 is 2.35. The monoisotopic (exact) mass is 383 g/mol. The minimum atomic E-state index is 0.514. The molecule has 3 heteroatoms. The molecule has 1 aromatic carbocycles. The van der Waals surface area contributed by atoms with E-state index in [9.17, 15) is 0 Å². The zero-order valence-corrected chi connectivity index (χ0v) is 14.1. The van der Waals surface area contributed by atoms with Gasteiger partial charge < -0.3 is 9.73 Å². The first-order chi connectivity index (χ1) is 9.78. The summed E-state index contributed by atoms with van der Waals surface area (Å²) in [6.45, 7) is 3.29. The average Bonchev–Trinajstić information content (AvgIpc) is 2.97. The zero-order valence-electron chi connectivity index (χ0n) is 11.9. The van der Waals surface area contributed by atoms with Gasteiger partial charge in [0.05, 0.1) is 6.26 Å². The second-order valence-electron chi connectivity index (χ2n) is 5.10. The van der Waals surface area contributed by atoms with Crippen molar-refractivity contribution in [2.45, 2.75) is 38.6 Å². The SMILES string of the molecule is CCCNC(CCc1ccco1)Cc1ccc(I)cc1. The summed E-state index contributed by atoms with van der Waals surface area (Å²) in [5.41, 5.74) is 1.40. The Labute approximate surface area is 135 Å². The molecule has 0 saturated heterocycles. The molecule has 0 aliphatic carbocycles. The minimum Gasteiger partial charge on any atom is -0.469 e. The minimum absolute atomic E-state index is 0.514. The molecule has 108 valence electrons. The number of halogens is 1. The van der Waals surface area contributed by atoms with E-state index < -0.39 is 0 Å². The van der Waals surface area contributed by atoms with Crippen LogP contribution in [0.15, 0.2) is 47.1 Å². The summed E-state index contributed by atoms with van der Waals surface area (Å²) in [5, 5.41) is 3.65. The molecular weight excluding hydrogens is 361 g/mol. The van der Waals surface area contributed by atoms with Crippen LogP contribution in [0.3, 0.4) is 0 Å². The smallest absolute Gasteiger partial charge is 0.103 e. The maximum absolute atomic E-state index is 5.43. The molecule has 0 fully saturated rings. The van der Waals surface area contributed by atoms with E-state index in [2.05, 4.69) is 65.2 Å². The van der Waals surface area contributed by atoms with Crippen molar-refractivity contribution < 1.29 is 4.42 Å². The zero-order chi connectivity index (χ0) is 14.2. The van der Waals surface area contributed by atoms with Crippen LogP contribution in [0, 0.1) is 3.57 Å². The molecule has 1 unspecified atom stereocenters. The van der Waals surface area contributed by atoms with Gasteiger partial charge in [0.1, 0.15) is 5.76 Å². The molecule has 0 spiro atoms. The molecule has 1 aromatic heterocycles. The second kappa shape index (κ2) is 8.47. The van der Waals surface area contributed by atoms with Gasteiger partial charge in [-0.1, -0.05) is 19.1 Å². The topological polar surface area (TPSA) is 25.2 Å². The molecule has 0 amide bonds. The third kappa shape index (κ3) is 5.29. The van der Waals surface area contributed by atoms with Crippen LogP contribution in [0.5, 0.6) is 0 Å². The first kappa shape index (κ1) is 15.6. The van der Waals surface area contributed by atoms with Crippen LogP contribution in [-0.2, 0) is 12.8 Å². The van der Waals surface area contributed by atoms with Crippen molar-refractivity contribution >= 4 is 22.6 Å². The first-order valence-corrected chi connectivity index (χ1v) is 8.36. The lowest BCUT2D eigenvalue weighted by atomic mass is 10.0. The summed E-state index contributed by atoms with van der Waals surface area (Å²) in [4.78, 5) is 0. The van der Waals surface area contributed by atoms with Crippen LogP contribution in [0.2, 0.25) is 0 Å². The summed E-state index contributed by atoms with van der Waals surface area (Å²) in [5.74, 6) is 1.08. The van der Waals surface area contributed by atoms with Gasteiger partial charge in [0.25, 0.3) is 0 Å². The molecule has 0 bridgehead atoms. The highest BCUT2D eigenvalue weighted by Gasteiger charge is 2.10. The van der Waals surface area contributed by atoms with E-state index in [1.807, 2.05) is 6.07 Å². The summed E-state index contributed by atoms with van der Waals surface area (Å²) < 4.78 is 6.72. The predicted octanol–water partition coefficient (Wildman–Crippen LogP) is 4.43.